The quantitative estimate of drug-likeness (QED) is 0.113. The first-order valence-corrected chi connectivity index (χ1v) is 17.4. The second-order valence-corrected chi connectivity index (χ2v) is 15.1. The van der Waals surface area contributed by atoms with E-state index in [1.165, 1.54) is 11.0 Å². The maximum atomic E-state index is 14.1. The van der Waals surface area contributed by atoms with E-state index in [2.05, 4.69) is 34.8 Å². The number of urea groups is 1. The highest BCUT2D eigenvalue weighted by Gasteiger charge is 2.43. The molecule has 2 aliphatic rings. The molecule has 2 rings (SSSR count). The third-order valence-electron chi connectivity index (χ3n) is 9.01. The summed E-state index contributed by atoms with van der Waals surface area (Å²) in [6.45, 7) is 18.7. The van der Waals surface area contributed by atoms with Crippen LogP contribution in [0.2, 0.25) is 0 Å². The van der Waals surface area contributed by atoms with Crippen molar-refractivity contribution in [2.24, 2.45) is 10.8 Å². The zero-order chi connectivity index (χ0) is 35.4. The van der Waals surface area contributed by atoms with Gasteiger partial charge in [-0.3, -0.25) is 24.0 Å². The van der Waals surface area contributed by atoms with Crippen molar-refractivity contribution in [3.05, 3.63) is 12.7 Å². The molecule has 12 nitrogen and oxygen atoms in total. The lowest BCUT2D eigenvalue weighted by Crippen LogP contribution is -2.62. The number of amides is 6. The van der Waals surface area contributed by atoms with Gasteiger partial charge in [-0.05, 0) is 42.9 Å². The summed E-state index contributed by atoms with van der Waals surface area (Å²) in [7, 11) is 0. The number of nitrogens with zero attached hydrogens (tertiary/aromatic N) is 2. The number of nitrogens with one attached hydrogen (secondary N) is 4. The molecule has 4 N–H and O–H groups in total. The van der Waals surface area contributed by atoms with Crippen LogP contribution in [0.25, 0.3) is 0 Å². The van der Waals surface area contributed by atoms with Gasteiger partial charge in [-0.1, -0.05) is 80.2 Å². The Hall–Kier alpha value is -3.44. The van der Waals surface area contributed by atoms with Crippen LogP contribution < -0.4 is 21.3 Å². The van der Waals surface area contributed by atoms with E-state index < -0.39 is 53.1 Å². The smallest absolute Gasteiger partial charge is 0.315 e. The van der Waals surface area contributed by atoms with E-state index in [0.717, 1.165) is 32.1 Å². The number of ketones is 1. The molecule has 266 valence electrons. The molecule has 2 saturated heterocycles. The van der Waals surface area contributed by atoms with E-state index in [-0.39, 0.29) is 23.9 Å². The minimum Gasteiger partial charge on any atom is -0.346 e. The number of likely N-dealkylation sites (tertiary alicyclic amines) is 2. The van der Waals surface area contributed by atoms with Crippen molar-refractivity contribution in [3.63, 3.8) is 0 Å². The fraction of sp³-hybridized carbons (Fsp3) is 0.771. The summed E-state index contributed by atoms with van der Waals surface area (Å²) in [4.78, 5) is 82.5. The Bertz CT molecular complexity index is 1130. The van der Waals surface area contributed by atoms with Crippen LogP contribution in [0.15, 0.2) is 12.7 Å². The summed E-state index contributed by atoms with van der Waals surface area (Å²) in [5.41, 5.74) is -1.05. The SMILES string of the molecule is C=CCNC(=O)C(=O)C(CCCCCC)NC(=O)[C@@H]1CCCN1C(=O)[C@@H](NC(=O)N[C@H](CN1CCCCC1=O)C(C)(C)C)C(C)(C)C. The number of hydrogen-bond donors (Lipinski definition) is 4. The van der Waals surface area contributed by atoms with Gasteiger partial charge in [0.2, 0.25) is 23.5 Å². The minimum atomic E-state index is -1.01. The van der Waals surface area contributed by atoms with Gasteiger partial charge in [0, 0.05) is 32.6 Å². The molecule has 2 fully saturated rings. The van der Waals surface area contributed by atoms with Crippen molar-refractivity contribution in [2.45, 2.75) is 137 Å². The minimum absolute atomic E-state index is 0.0797. The zero-order valence-electron chi connectivity index (χ0n) is 29.8. The standard InChI is InChI=1S/C35H60N6O6/c1-9-11-12-13-17-24(28(43)31(45)36-20-10-2)37-30(44)25-18-16-22-41(25)32(46)29(35(6,7)8)39-33(47)38-26(34(3,4)5)23-40-21-15-14-19-27(40)42/h10,24-26,29H,2,9,11-23H2,1,3-8H3,(H,36,45)(H,37,44)(H2,38,39,47)/t24?,25-,26+,29+/m0/s1. The van der Waals surface area contributed by atoms with E-state index in [1.54, 1.807) is 4.90 Å². The summed E-state index contributed by atoms with van der Waals surface area (Å²) in [5.74, 6) is -2.31. The molecule has 1 unspecified atom stereocenters. The third kappa shape index (κ3) is 12.3. The summed E-state index contributed by atoms with van der Waals surface area (Å²) >= 11 is 0. The molecule has 0 aromatic rings. The number of hydrogen-bond acceptors (Lipinski definition) is 6. The highest BCUT2D eigenvalue weighted by molar-refractivity contribution is 6.38. The van der Waals surface area contributed by atoms with Crippen molar-refractivity contribution in [1.82, 2.24) is 31.1 Å². The van der Waals surface area contributed by atoms with Crippen LogP contribution in [0.5, 0.6) is 0 Å². The number of Topliss-reactive ketones (excluding diaryl/α,β-unsaturated/α-hetero) is 1. The molecule has 0 aliphatic carbocycles. The van der Waals surface area contributed by atoms with E-state index in [4.69, 9.17) is 0 Å². The number of unbranched alkanes of at least 4 members (excludes halogenated alkanes) is 3. The van der Waals surface area contributed by atoms with Crippen LogP contribution in [-0.4, -0.2) is 95.6 Å². The van der Waals surface area contributed by atoms with Gasteiger partial charge in [0.25, 0.3) is 5.91 Å². The normalized spacial score (nSPS) is 19.0. The highest BCUT2D eigenvalue weighted by Crippen LogP contribution is 2.27. The van der Waals surface area contributed by atoms with Crippen LogP contribution >= 0.6 is 0 Å². The first-order valence-electron chi connectivity index (χ1n) is 17.4. The second-order valence-electron chi connectivity index (χ2n) is 15.1. The topological polar surface area (TPSA) is 157 Å². The summed E-state index contributed by atoms with van der Waals surface area (Å²) in [5, 5.41) is 11.2. The van der Waals surface area contributed by atoms with Crippen molar-refractivity contribution >= 4 is 35.4 Å². The van der Waals surface area contributed by atoms with Crippen LogP contribution in [0.4, 0.5) is 4.79 Å². The van der Waals surface area contributed by atoms with Crippen LogP contribution in [-0.2, 0) is 24.0 Å². The lowest BCUT2D eigenvalue weighted by atomic mass is 9.85. The van der Waals surface area contributed by atoms with Gasteiger partial charge in [-0.15, -0.1) is 6.58 Å². The largest absolute Gasteiger partial charge is 0.346 e. The van der Waals surface area contributed by atoms with Crippen molar-refractivity contribution in [1.29, 1.82) is 0 Å². The molecule has 0 aromatic heterocycles. The molecule has 6 amide bonds. The summed E-state index contributed by atoms with van der Waals surface area (Å²) < 4.78 is 0. The number of carbonyl (C=O) groups excluding carboxylic acids is 6. The van der Waals surface area contributed by atoms with Gasteiger partial charge in [0.05, 0.1) is 12.1 Å². The fourth-order valence-electron chi connectivity index (χ4n) is 5.98. The van der Waals surface area contributed by atoms with E-state index in [9.17, 15) is 28.8 Å². The molecule has 0 aromatic carbocycles. The van der Waals surface area contributed by atoms with Crippen LogP contribution in [0, 0.1) is 10.8 Å². The predicted octanol–water partition coefficient (Wildman–Crippen LogP) is 3.45. The molecule has 2 heterocycles. The number of piperidine rings is 1. The lowest BCUT2D eigenvalue weighted by molar-refractivity contribution is -0.143. The average Bonchev–Trinajstić information content (AvgIpc) is 3.49. The molecule has 0 saturated carbocycles. The van der Waals surface area contributed by atoms with Gasteiger partial charge in [0.1, 0.15) is 12.1 Å². The molecule has 0 radical (unpaired) electrons. The number of rotatable bonds is 16. The maximum absolute atomic E-state index is 14.1. The molecule has 0 spiro atoms. The third-order valence-corrected chi connectivity index (χ3v) is 9.01. The molecule has 47 heavy (non-hydrogen) atoms. The fourth-order valence-corrected chi connectivity index (χ4v) is 5.98. The summed E-state index contributed by atoms with van der Waals surface area (Å²) in [6, 6.07) is -3.69. The summed E-state index contributed by atoms with van der Waals surface area (Å²) in [6.07, 6.45) is 8.58. The van der Waals surface area contributed by atoms with Crippen molar-refractivity contribution in [2.75, 3.05) is 26.2 Å². The van der Waals surface area contributed by atoms with Crippen LogP contribution in [0.1, 0.15) is 113 Å². The molecular formula is C35H60N6O6. The lowest BCUT2D eigenvalue weighted by Gasteiger charge is -2.39. The first-order chi connectivity index (χ1) is 22.0. The Morgan fingerprint density at radius 2 is 1.62 bits per heavy atom. The maximum Gasteiger partial charge on any atom is 0.315 e. The number of carbonyl (C=O) groups is 6. The van der Waals surface area contributed by atoms with Gasteiger partial charge in [-0.2, -0.15) is 0 Å². The Balaban J connectivity index is 2.19. The molecule has 0 bridgehead atoms. The average molecular weight is 661 g/mol. The van der Waals surface area contributed by atoms with Gasteiger partial charge in [0.15, 0.2) is 0 Å². The Morgan fingerprint density at radius 1 is 0.915 bits per heavy atom. The Labute approximate surface area is 281 Å². The molecule has 12 heteroatoms. The van der Waals surface area contributed by atoms with Gasteiger partial charge >= 0.3 is 6.03 Å². The van der Waals surface area contributed by atoms with Gasteiger partial charge in [-0.25, -0.2) is 4.79 Å². The molecule has 4 atom stereocenters. The zero-order valence-corrected chi connectivity index (χ0v) is 29.8. The Kier molecular flexibility index (Phi) is 15.4. The predicted molar refractivity (Wildman–Crippen MR) is 182 cm³/mol. The van der Waals surface area contributed by atoms with Crippen molar-refractivity contribution < 1.29 is 28.8 Å². The monoisotopic (exact) mass is 660 g/mol. The van der Waals surface area contributed by atoms with E-state index in [0.29, 0.717) is 51.7 Å². The molecule has 2 aliphatic heterocycles. The Morgan fingerprint density at radius 3 is 2.21 bits per heavy atom. The first kappa shape index (κ1) is 39.7. The highest BCUT2D eigenvalue weighted by atomic mass is 16.2. The van der Waals surface area contributed by atoms with Gasteiger partial charge < -0.3 is 31.1 Å². The van der Waals surface area contributed by atoms with E-state index in [1.807, 2.05) is 41.5 Å². The van der Waals surface area contributed by atoms with E-state index >= 15 is 0 Å². The van der Waals surface area contributed by atoms with Crippen LogP contribution in [0.3, 0.4) is 0 Å². The molecular weight excluding hydrogens is 600 g/mol. The van der Waals surface area contributed by atoms with Crippen molar-refractivity contribution in [3.8, 4) is 0 Å². The second kappa shape index (κ2) is 18.2.